The van der Waals surface area contributed by atoms with Crippen molar-refractivity contribution in [1.82, 2.24) is 4.57 Å². The third-order valence-electron chi connectivity index (χ3n) is 2.19. The Kier molecular flexibility index (Phi) is 2.89. The van der Waals surface area contributed by atoms with Gasteiger partial charge in [-0.1, -0.05) is 0 Å². The summed E-state index contributed by atoms with van der Waals surface area (Å²) in [7, 11) is 0. The second-order valence-electron chi connectivity index (χ2n) is 3.22. The molecule has 14 heavy (non-hydrogen) atoms. The van der Waals surface area contributed by atoms with Crippen LogP contribution in [0.15, 0.2) is 35.3 Å². The molecule has 0 aliphatic heterocycles. The van der Waals surface area contributed by atoms with Gasteiger partial charge in [0.05, 0.1) is 0 Å². The molecule has 0 saturated carbocycles. The van der Waals surface area contributed by atoms with Crippen molar-refractivity contribution in [2.24, 2.45) is 0 Å². The van der Waals surface area contributed by atoms with Crippen LogP contribution in [0.1, 0.15) is 12.5 Å². The molecule has 0 saturated heterocycles. The summed E-state index contributed by atoms with van der Waals surface area (Å²) in [5.41, 5.74) is 2.54. The highest BCUT2D eigenvalue weighted by Gasteiger charge is 1.96. The van der Waals surface area contributed by atoms with Crippen molar-refractivity contribution in [2.75, 3.05) is 5.32 Å². The molecule has 2 aromatic rings. The minimum absolute atomic E-state index is 0.906. The fraction of sp³-hybridized carbons (Fsp3) is 0.273. The van der Waals surface area contributed by atoms with E-state index in [1.807, 2.05) is 0 Å². The third kappa shape index (κ3) is 2.17. The highest BCUT2D eigenvalue weighted by Crippen LogP contribution is 2.13. The molecule has 0 amide bonds. The van der Waals surface area contributed by atoms with E-state index in [9.17, 15) is 0 Å². The number of hydrogen-bond donors (Lipinski definition) is 1. The predicted octanol–water partition coefficient (Wildman–Crippen LogP) is 3.18. The van der Waals surface area contributed by atoms with Crippen molar-refractivity contribution >= 4 is 17.0 Å². The smallest absolute Gasteiger partial charge is 0.0451 e. The zero-order valence-corrected chi connectivity index (χ0v) is 9.05. The summed E-state index contributed by atoms with van der Waals surface area (Å²) >= 11 is 1.72. The van der Waals surface area contributed by atoms with E-state index in [-0.39, 0.29) is 0 Å². The second kappa shape index (κ2) is 4.33. The topological polar surface area (TPSA) is 17.0 Å². The standard InChI is InChI=1S/C11H14N2S/c1-2-13-5-3-10(8-13)7-12-11-4-6-14-9-11/h3-6,8-9,12H,2,7H2,1H3. The van der Waals surface area contributed by atoms with Crippen molar-refractivity contribution < 1.29 is 0 Å². The molecule has 0 fully saturated rings. The van der Waals surface area contributed by atoms with Gasteiger partial charge in [0, 0.05) is 36.6 Å². The number of nitrogens with zero attached hydrogens (tertiary/aromatic N) is 1. The quantitative estimate of drug-likeness (QED) is 0.813. The monoisotopic (exact) mass is 206 g/mol. The van der Waals surface area contributed by atoms with Crippen LogP contribution in [-0.4, -0.2) is 4.57 Å². The van der Waals surface area contributed by atoms with Crippen molar-refractivity contribution in [2.45, 2.75) is 20.0 Å². The molecule has 0 atom stereocenters. The fourth-order valence-electron chi connectivity index (χ4n) is 1.36. The summed E-state index contributed by atoms with van der Waals surface area (Å²) in [6, 6.07) is 4.25. The molecule has 2 rings (SSSR count). The Morgan fingerprint density at radius 3 is 3.00 bits per heavy atom. The van der Waals surface area contributed by atoms with E-state index < -0.39 is 0 Å². The van der Waals surface area contributed by atoms with Gasteiger partial charge in [-0.15, -0.1) is 0 Å². The lowest BCUT2D eigenvalue weighted by atomic mass is 10.3. The molecule has 0 bridgehead atoms. The lowest BCUT2D eigenvalue weighted by molar-refractivity contribution is 0.766. The van der Waals surface area contributed by atoms with Crippen LogP contribution >= 0.6 is 11.3 Å². The molecule has 0 aromatic carbocycles. The van der Waals surface area contributed by atoms with E-state index in [1.165, 1.54) is 11.3 Å². The summed E-state index contributed by atoms with van der Waals surface area (Å²) in [4.78, 5) is 0. The molecule has 0 spiro atoms. The summed E-state index contributed by atoms with van der Waals surface area (Å²) < 4.78 is 2.19. The Morgan fingerprint density at radius 2 is 2.36 bits per heavy atom. The number of aryl methyl sites for hydroxylation is 1. The Morgan fingerprint density at radius 1 is 1.43 bits per heavy atom. The Balaban J connectivity index is 1.92. The van der Waals surface area contributed by atoms with Gasteiger partial charge in [0.25, 0.3) is 0 Å². The first-order valence-corrected chi connectivity index (χ1v) is 5.73. The van der Waals surface area contributed by atoms with Crippen molar-refractivity contribution in [3.05, 3.63) is 40.8 Å². The Labute approximate surface area is 88.2 Å². The van der Waals surface area contributed by atoms with Crippen molar-refractivity contribution in [1.29, 1.82) is 0 Å². The highest BCUT2D eigenvalue weighted by molar-refractivity contribution is 7.08. The number of thiophene rings is 1. The maximum atomic E-state index is 3.38. The second-order valence-corrected chi connectivity index (χ2v) is 4.00. The van der Waals surface area contributed by atoms with Crippen molar-refractivity contribution in [3.8, 4) is 0 Å². The van der Waals surface area contributed by atoms with Crippen LogP contribution in [0.2, 0.25) is 0 Å². The van der Waals surface area contributed by atoms with Crippen LogP contribution in [0.3, 0.4) is 0 Å². The maximum Gasteiger partial charge on any atom is 0.0451 e. The van der Waals surface area contributed by atoms with Crippen LogP contribution in [0.5, 0.6) is 0 Å². The molecule has 0 aliphatic carbocycles. The summed E-state index contributed by atoms with van der Waals surface area (Å²) in [6.07, 6.45) is 4.30. The minimum atomic E-state index is 0.906. The zero-order chi connectivity index (χ0) is 9.80. The minimum Gasteiger partial charge on any atom is -0.380 e. The maximum absolute atomic E-state index is 3.38. The van der Waals surface area contributed by atoms with E-state index >= 15 is 0 Å². The average Bonchev–Trinajstić information content (AvgIpc) is 2.86. The first-order valence-electron chi connectivity index (χ1n) is 4.79. The molecule has 74 valence electrons. The molecule has 3 heteroatoms. The Bertz CT molecular complexity index is 376. The highest BCUT2D eigenvalue weighted by atomic mass is 32.1. The predicted molar refractivity (Wildman–Crippen MR) is 61.8 cm³/mol. The number of anilines is 1. The van der Waals surface area contributed by atoms with Gasteiger partial charge in [-0.3, -0.25) is 0 Å². The van der Waals surface area contributed by atoms with Crippen LogP contribution in [-0.2, 0) is 13.1 Å². The molecular formula is C11H14N2S. The summed E-state index contributed by atoms with van der Waals surface area (Å²) in [6.45, 7) is 4.10. The van der Waals surface area contributed by atoms with E-state index in [4.69, 9.17) is 0 Å². The third-order valence-corrected chi connectivity index (χ3v) is 2.88. The SMILES string of the molecule is CCn1ccc(CNc2ccsc2)c1. The van der Waals surface area contributed by atoms with Crippen LogP contribution in [0, 0.1) is 0 Å². The van der Waals surface area contributed by atoms with Gasteiger partial charge >= 0.3 is 0 Å². The first-order chi connectivity index (χ1) is 6.88. The number of nitrogens with one attached hydrogen (secondary N) is 1. The number of aromatic nitrogens is 1. The van der Waals surface area contributed by atoms with Gasteiger partial charge < -0.3 is 9.88 Å². The van der Waals surface area contributed by atoms with Gasteiger partial charge in [-0.25, -0.2) is 0 Å². The van der Waals surface area contributed by atoms with E-state index in [1.54, 1.807) is 11.3 Å². The largest absolute Gasteiger partial charge is 0.380 e. The molecule has 0 aliphatic rings. The number of rotatable bonds is 4. The van der Waals surface area contributed by atoms with Gasteiger partial charge in [-0.2, -0.15) is 11.3 Å². The van der Waals surface area contributed by atoms with Crippen molar-refractivity contribution in [3.63, 3.8) is 0 Å². The molecule has 2 nitrogen and oxygen atoms in total. The first kappa shape index (κ1) is 9.34. The normalized spacial score (nSPS) is 10.4. The molecule has 1 N–H and O–H groups in total. The molecular weight excluding hydrogens is 192 g/mol. The van der Waals surface area contributed by atoms with E-state index in [0.29, 0.717) is 0 Å². The van der Waals surface area contributed by atoms with Crippen LogP contribution < -0.4 is 5.32 Å². The van der Waals surface area contributed by atoms with Crippen LogP contribution in [0.4, 0.5) is 5.69 Å². The lowest BCUT2D eigenvalue weighted by Crippen LogP contribution is -1.97. The molecule has 2 aromatic heterocycles. The number of hydrogen-bond acceptors (Lipinski definition) is 2. The molecule has 0 unspecified atom stereocenters. The van der Waals surface area contributed by atoms with Gasteiger partial charge in [0.2, 0.25) is 0 Å². The van der Waals surface area contributed by atoms with Gasteiger partial charge in [0.1, 0.15) is 0 Å². The lowest BCUT2D eigenvalue weighted by Gasteiger charge is -2.00. The zero-order valence-electron chi connectivity index (χ0n) is 8.23. The van der Waals surface area contributed by atoms with Crippen LogP contribution in [0.25, 0.3) is 0 Å². The van der Waals surface area contributed by atoms with E-state index in [2.05, 4.69) is 52.1 Å². The molecule has 0 radical (unpaired) electrons. The summed E-state index contributed by atoms with van der Waals surface area (Å²) in [5.74, 6) is 0. The van der Waals surface area contributed by atoms with Gasteiger partial charge in [-0.05, 0) is 30.0 Å². The van der Waals surface area contributed by atoms with E-state index in [0.717, 1.165) is 13.1 Å². The molecule has 2 heterocycles. The fourth-order valence-corrected chi connectivity index (χ4v) is 1.97. The Hall–Kier alpha value is -1.22. The average molecular weight is 206 g/mol. The summed E-state index contributed by atoms with van der Waals surface area (Å²) in [5, 5.41) is 7.58. The van der Waals surface area contributed by atoms with Gasteiger partial charge in [0.15, 0.2) is 0 Å².